The van der Waals surface area contributed by atoms with Crippen LogP contribution in [-0.4, -0.2) is 0 Å². The first kappa shape index (κ1) is 10.4. The second kappa shape index (κ2) is 4.25. The lowest BCUT2D eigenvalue weighted by Crippen LogP contribution is -2.15. The fourth-order valence-corrected chi connectivity index (χ4v) is 2.49. The molecule has 3 rings (SSSR count). The van der Waals surface area contributed by atoms with Crippen LogP contribution in [0.1, 0.15) is 29.5 Å². The smallest absolute Gasteiger partial charge is 0.123 e. The Bertz CT molecular complexity index is 516. The number of hydrogen-bond donors (Lipinski definition) is 0. The first-order valence-electron chi connectivity index (χ1n) is 6.13. The van der Waals surface area contributed by atoms with Crippen molar-refractivity contribution in [1.29, 1.82) is 0 Å². The molecule has 0 radical (unpaired) electrons. The third-order valence-corrected chi connectivity index (χ3v) is 3.41. The molecule has 0 aliphatic heterocycles. The summed E-state index contributed by atoms with van der Waals surface area (Å²) < 4.78 is 5.93. The van der Waals surface area contributed by atoms with Gasteiger partial charge in [-0.05, 0) is 29.5 Å². The summed E-state index contributed by atoms with van der Waals surface area (Å²) >= 11 is 0. The Morgan fingerprint density at radius 2 is 1.88 bits per heavy atom. The van der Waals surface area contributed by atoms with Crippen molar-refractivity contribution in [3.05, 3.63) is 65.2 Å². The molecule has 1 atom stereocenters. The lowest BCUT2D eigenvalue weighted by Gasteiger charge is -2.29. The molecule has 0 saturated carbocycles. The Morgan fingerprint density at radius 3 is 2.65 bits per heavy atom. The summed E-state index contributed by atoms with van der Waals surface area (Å²) in [6.07, 6.45) is 1.19. The molecule has 0 spiro atoms. The molecule has 1 heteroatoms. The Kier molecular flexibility index (Phi) is 2.60. The van der Waals surface area contributed by atoms with E-state index < -0.39 is 0 Å². The molecule has 0 fully saturated rings. The van der Waals surface area contributed by atoms with Crippen LogP contribution in [0.2, 0.25) is 0 Å². The maximum Gasteiger partial charge on any atom is 0.123 e. The zero-order chi connectivity index (χ0) is 11.7. The van der Waals surface area contributed by atoms with Gasteiger partial charge in [0.05, 0.1) is 0 Å². The summed E-state index contributed by atoms with van der Waals surface area (Å²) in [7, 11) is 0. The molecule has 1 unspecified atom stereocenters. The molecule has 1 aliphatic rings. The minimum absolute atomic E-state index is 0.650. The lowest BCUT2D eigenvalue weighted by molar-refractivity contribution is 0.298. The van der Waals surface area contributed by atoms with Crippen LogP contribution < -0.4 is 4.74 Å². The molecular weight excluding hydrogens is 208 g/mol. The van der Waals surface area contributed by atoms with E-state index in [4.69, 9.17) is 4.74 Å². The van der Waals surface area contributed by atoms with Crippen molar-refractivity contribution in [3.8, 4) is 5.75 Å². The molecule has 0 aromatic heterocycles. The van der Waals surface area contributed by atoms with E-state index in [1.165, 1.54) is 23.1 Å². The van der Waals surface area contributed by atoms with Crippen LogP contribution in [0.5, 0.6) is 5.75 Å². The zero-order valence-electron chi connectivity index (χ0n) is 10.0. The number of rotatable bonds is 3. The van der Waals surface area contributed by atoms with E-state index in [0.29, 0.717) is 12.5 Å². The molecule has 0 heterocycles. The number of ether oxygens (including phenoxy) is 1. The van der Waals surface area contributed by atoms with Crippen molar-refractivity contribution in [2.24, 2.45) is 0 Å². The highest BCUT2D eigenvalue weighted by atomic mass is 16.5. The quantitative estimate of drug-likeness (QED) is 0.767. The molecule has 17 heavy (non-hydrogen) atoms. The van der Waals surface area contributed by atoms with Crippen LogP contribution in [0.15, 0.2) is 48.5 Å². The van der Waals surface area contributed by atoms with Gasteiger partial charge in [-0.3, -0.25) is 0 Å². The van der Waals surface area contributed by atoms with Gasteiger partial charge in [0.2, 0.25) is 0 Å². The molecule has 0 bridgehead atoms. The summed E-state index contributed by atoms with van der Waals surface area (Å²) in [6, 6.07) is 16.7. The van der Waals surface area contributed by atoms with Crippen LogP contribution in [0.25, 0.3) is 0 Å². The van der Waals surface area contributed by atoms with Crippen molar-refractivity contribution in [3.63, 3.8) is 0 Å². The predicted molar refractivity (Wildman–Crippen MR) is 69.3 cm³/mol. The summed E-state index contributed by atoms with van der Waals surface area (Å²) in [5.41, 5.74) is 4.07. The van der Waals surface area contributed by atoms with Gasteiger partial charge in [-0.25, -0.2) is 0 Å². The number of benzene rings is 2. The Labute approximate surface area is 102 Å². The highest BCUT2D eigenvalue weighted by Gasteiger charge is 2.25. The largest absolute Gasteiger partial charge is 0.489 e. The lowest BCUT2D eigenvalue weighted by atomic mass is 9.78. The van der Waals surface area contributed by atoms with E-state index in [1.54, 1.807) is 0 Å². The number of fused-ring (bicyclic) bond motifs is 1. The first-order chi connectivity index (χ1) is 8.34. The standard InChI is InChI=1S/C16H16O/c1-12-10-14-8-5-9-15(16(12)14)17-11-13-6-3-2-4-7-13/h2-9,12H,10-11H2,1H3. The zero-order valence-corrected chi connectivity index (χ0v) is 10.0. The van der Waals surface area contributed by atoms with Gasteiger partial charge in [0.25, 0.3) is 0 Å². The van der Waals surface area contributed by atoms with E-state index in [1.807, 2.05) is 18.2 Å². The van der Waals surface area contributed by atoms with Gasteiger partial charge >= 0.3 is 0 Å². The third-order valence-electron chi connectivity index (χ3n) is 3.41. The SMILES string of the molecule is CC1Cc2cccc(OCc3ccccc3)c21. The normalized spacial score (nSPS) is 17.1. The van der Waals surface area contributed by atoms with Crippen LogP contribution >= 0.6 is 0 Å². The van der Waals surface area contributed by atoms with E-state index in [2.05, 4.69) is 37.3 Å². The maximum absolute atomic E-state index is 5.93. The average Bonchev–Trinajstić information content (AvgIpc) is 2.36. The van der Waals surface area contributed by atoms with Gasteiger partial charge in [-0.2, -0.15) is 0 Å². The van der Waals surface area contributed by atoms with Crippen LogP contribution in [0.4, 0.5) is 0 Å². The molecule has 2 aromatic rings. The minimum Gasteiger partial charge on any atom is -0.489 e. The van der Waals surface area contributed by atoms with Crippen molar-refractivity contribution >= 4 is 0 Å². The fourth-order valence-electron chi connectivity index (χ4n) is 2.49. The molecule has 0 saturated heterocycles. The molecule has 1 nitrogen and oxygen atoms in total. The monoisotopic (exact) mass is 224 g/mol. The van der Waals surface area contributed by atoms with Crippen LogP contribution in [0.3, 0.4) is 0 Å². The van der Waals surface area contributed by atoms with Gasteiger partial charge in [0, 0.05) is 5.56 Å². The molecule has 86 valence electrons. The van der Waals surface area contributed by atoms with E-state index >= 15 is 0 Å². The molecule has 1 aliphatic carbocycles. The number of hydrogen-bond acceptors (Lipinski definition) is 1. The van der Waals surface area contributed by atoms with E-state index in [0.717, 1.165) is 5.75 Å². The molecule has 0 amide bonds. The van der Waals surface area contributed by atoms with Gasteiger partial charge in [0.15, 0.2) is 0 Å². The average molecular weight is 224 g/mol. The second-order valence-electron chi connectivity index (χ2n) is 4.71. The molecular formula is C16H16O. The molecule has 2 aromatic carbocycles. The van der Waals surface area contributed by atoms with Crippen molar-refractivity contribution in [2.75, 3.05) is 0 Å². The van der Waals surface area contributed by atoms with Gasteiger partial charge < -0.3 is 4.74 Å². The summed E-state index contributed by atoms with van der Waals surface area (Å²) in [5.74, 6) is 1.71. The summed E-state index contributed by atoms with van der Waals surface area (Å²) in [5, 5.41) is 0. The summed E-state index contributed by atoms with van der Waals surface area (Å²) in [4.78, 5) is 0. The topological polar surface area (TPSA) is 9.23 Å². The van der Waals surface area contributed by atoms with Gasteiger partial charge in [0.1, 0.15) is 12.4 Å². The van der Waals surface area contributed by atoms with E-state index in [9.17, 15) is 0 Å². The highest BCUT2D eigenvalue weighted by molar-refractivity contribution is 5.49. The second-order valence-corrected chi connectivity index (χ2v) is 4.71. The van der Waals surface area contributed by atoms with Crippen LogP contribution in [-0.2, 0) is 13.0 Å². The summed E-state index contributed by atoms with van der Waals surface area (Å²) in [6.45, 7) is 2.92. The van der Waals surface area contributed by atoms with E-state index in [-0.39, 0.29) is 0 Å². The van der Waals surface area contributed by atoms with Crippen molar-refractivity contribution in [1.82, 2.24) is 0 Å². The van der Waals surface area contributed by atoms with Gasteiger partial charge in [-0.15, -0.1) is 0 Å². The van der Waals surface area contributed by atoms with Crippen molar-refractivity contribution in [2.45, 2.75) is 25.9 Å². The minimum atomic E-state index is 0.650. The fraction of sp³-hybridized carbons (Fsp3) is 0.250. The highest BCUT2D eigenvalue weighted by Crippen LogP contribution is 2.41. The van der Waals surface area contributed by atoms with Crippen molar-refractivity contribution < 1.29 is 4.74 Å². The molecule has 0 N–H and O–H groups in total. The Morgan fingerprint density at radius 1 is 1.06 bits per heavy atom. The first-order valence-corrected chi connectivity index (χ1v) is 6.13. The predicted octanol–water partition coefficient (Wildman–Crippen LogP) is 3.93. The third kappa shape index (κ3) is 1.93. The van der Waals surface area contributed by atoms with Gasteiger partial charge in [-0.1, -0.05) is 49.4 Å². The van der Waals surface area contributed by atoms with Crippen LogP contribution in [0, 0.1) is 0 Å². The Balaban J connectivity index is 1.76. The maximum atomic E-state index is 5.93. The Hall–Kier alpha value is -1.76.